The zero-order valence-electron chi connectivity index (χ0n) is 8.88. The lowest BCUT2D eigenvalue weighted by atomic mass is 10.1. The Hall–Kier alpha value is -1.64. The van der Waals surface area contributed by atoms with Crippen molar-refractivity contribution in [2.75, 3.05) is 0 Å². The number of amides is 1. The van der Waals surface area contributed by atoms with Crippen LogP contribution in [0.3, 0.4) is 0 Å². The molecule has 0 aliphatic rings. The van der Waals surface area contributed by atoms with Crippen molar-refractivity contribution in [3.05, 3.63) is 41.7 Å². The van der Waals surface area contributed by atoms with Crippen molar-refractivity contribution in [3.8, 4) is 0 Å². The highest BCUT2D eigenvalue weighted by atomic mass is 19.1. The van der Waals surface area contributed by atoms with Gasteiger partial charge in [0.05, 0.1) is 0 Å². The molecule has 1 rings (SSSR count). The number of hydrogen-bond donors (Lipinski definition) is 1. The van der Waals surface area contributed by atoms with Crippen molar-refractivity contribution in [1.82, 2.24) is 5.32 Å². The second-order valence-corrected chi connectivity index (χ2v) is 3.57. The Morgan fingerprint density at radius 1 is 1.53 bits per heavy atom. The summed E-state index contributed by atoms with van der Waals surface area (Å²) in [4.78, 5) is 11.6. The third-order valence-corrected chi connectivity index (χ3v) is 1.90. The van der Waals surface area contributed by atoms with Crippen LogP contribution in [0, 0.1) is 5.82 Å². The summed E-state index contributed by atoms with van der Waals surface area (Å²) in [5.74, 6) is -0.570. The molecule has 15 heavy (non-hydrogen) atoms. The number of rotatable bonds is 3. The number of halogens is 1. The van der Waals surface area contributed by atoms with Gasteiger partial charge in [0.15, 0.2) is 0 Å². The van der Waals surface area contributed by atoms with Crippen LogP contribution < -0.4 is 5.32 Å². The van der Waals surface area contributed by atoms with Gasteiger partial charge in [-0.1, -0.05) is 12.7 Å². The minimum atomic E-state index is -0.369. The predicted octanol–water partition coefficient (Wildman–Crippen LogP) is 2.61. The SMILES string of the molecule is C=Cc1cc(C(=O)NC(C)C)ccc1F. The smallest absolute Gasteiger partial charge is 0.251 e. The van der Waals surface area contributed by atoms with E-state index >= 15 is 0 Å². The fourth-order valence-electron chi connectivity index (χ4n) is 1.19. The standard InChI is InChI=1S/C12H14FNO/c1-4-9-7-10(5-6-11(9)13)12(15)14-8(2)3/h4-8H,1H2,2-3H3,(H,14,15). The summed E-state index contributed by atoms with van der Waals surface area (Å²) in [5, 5.41) is 2.73. The Bertz CT molecular complexity index is 385. The molecule has 0 unspecified atom stereocenters. The molecule has 1 aromatic carbocycles. The molecule has 0 heterocycles. The van der Waals surface area contributed by atoms with Crippen LogP contribution >= 0.6 is 0 Å². The first-order chi connectivity index (χ1) is 7.04. The second kappa shape index (κ2) is 4.73. The van der Waals surface area contributed by atoms with Gasteiger partial charge in [-0.15, -0.1) is 0 Å². The Kier molecular flexibility index (Phi) is 3.61. The molecule has 0 aliphatic carbocycles. The van der Waals surface area contributed by atoms with Crippen LogP contribution in [0.15, 0.2) is 24.8 Å². The first-order valence-corrected chi connectivity index (χ1v) is 4.77. The molecule has 0 aromatic heterocycles. The van der Waals surface area contributed by atoms with Crippen LogP contribution in [-0.4, -0.2) is 11.9 Å². The summed E-state index contributed by atoms with van der Waals surface area (Å²) in [6.07, 6.45) is 1.39. The Balaban J connectivity index is 2.95. The van der Waals surface area contributed by atoms with Crippen LogP contribution in [0.5, 0.6) is 0 Å². The number of carbonyl (C=O) groups is 1. The molecule has 0 radical (unpaired) electrons. The quantitative estimate of drug-likeness (QED) is 0.811. The molecule has 0 fully saturated rings. The summed E-state index contributed by atoms with van der Waals surface area (Å²) >= 11 is 0. The molecule has 0 spiro atoms. The molecule has 2 nitrogen and oxygen atoms in total. The van der Waals surface area contributed by atoms with E-state index in [4.69, 9.17) is 0 Å². The Labute approximate surface area is 88.8 Å². The van der Waals surface area contributed by atoms with Crippen molar-refractivity contribution in [3.63, 3.8) is 0 Å². The maximum Gasteiger partial charge on any atom is 0.251 e. The average molecular weight is 207 g/mol. The predicted molar refractivity (Wildman–Crippen MR) is 59.1 cm³/mol. The van der Waals surface area contributed by atoms with E-state index < -0.39 is 0 Å². The van der Waals surface area contributed by atoms with Crippen LogP contribution in [0.4, 0.5) is 4.39 Å². The lowest BCUT2D eigenvalue weighted by molar-refractivity contribution is 0.0943. The van der Waals surface area contributed by atoms with Crippen molar-refractivity contribution in [1.29, 1.82) is 0 Å². The van der Waals surface area contributed by atoms with Gasteiger partial charge in [-0.05, 0) is 32.0 Å². The van der Waals surface area contributed by atoms with Gasteiger partial charge in [0.25, 0.3) is 5.91 Å². The van der Waals surface area contributed by atoms with Crippen molar-refractivity contribution in [2.45, 2.75) is 19.9 Å². The monoisotopic (exact) mass is 207 g/mol. The van der Waals surface area contributed by atoms with Crippen molar-refractivity contribution >= 4 is 12.0 Å². The minimum absolute atomic E-state index is 0.0646. The van der Waals surface area contributed by atoms with Gasteiger partial charge < -0.3 is 5.32 Å². The summed E-state index contributed by atoms with van der Waals surface area (Å²) in [5.41, 5.74) is 0.784. The number of carbonyl (C=O) groups excluding carboxylic acids is 1. The lowest BCUT2D eigenvalue weighted by Crippen LogP contribution is -2.30. The molecular weight excluding hydrogens is 193 g/mol. The first-order valence-electron chi connectivity index (χ1n) is 4.77. The molecule has 0 atom stereocenters. The van der Waals surface area contributed by atoms with Crippen LogP contribution in [0.2, 0.25) is 0 Å². The highest BCUT2D eigenvalue weighted by Gasteiger charge is 2.08. The van der Waals surface area contributed by atoms with E-state index in [0.29, 0.717) is 11.1 Å². The zero-order chi connectivity index (χ0) is 11.4. The highest BCUT2D eigenvalue weighted by molar-refractivity contribution is 5.94. The maximum atomic E-state index is 13.1. The topological polar surface area (TPSA) is 29.1 Å². The largest absolute Gasteiger partial charge is 0.350 e. The van der Waals surface area contributed by atoms with E-state index in [1.165, 1.54) is 24.3 Å². The Morgan fingerprint density at radius 2 is 2.20 bits per heavy atom. The summed E-state index contributed by atoms with van der Waals surface area (Å²) < 4.78 is 13.1. The molecule has 0 saturated carbocycles. The van der Waals surface area contributed by atoms with E-state index in [2.05, 4.69) is 11.9 Å². The normalized spacial score (nSPS) is 10.1. The van der Waals surface area contributed by atoms with Crippen molar-refractivity contribution < 1.29 is 9.18 Å². The molecule has 1 aromatic rings. The third-order valence-electron chi connectivity index (χ3n) is 1.90. The summed E-state index contributed by atoms with van der Waals surface area (Å²) in [7, 11) is 0. The van der Waals surface area contributed by atoms with Gasteiger partial charge >= 0.3 is 0 Å². The molecule has 0 bridgehead atoms. The van der Waals surface area contributed by atoms with E-state index in [1.807, 2.05) is 13.8 Å². The van der Waals surface area contributed by atoms with Crippen LogP contribution in [0.25, 0.3) is 6.08 Å². The van der Waals surface area contributed by atoms with Gasteiger partial charge in [-0.2, -0.15) is 0 Å². The van der Waals surface area contributed by atoms with Crippen LogP contribution in [0.1, 0.15) is 29.8 Å². The van der Waals surface area contributed by atoms with Crippen LogP contribution in [-0.2, 0) is 0 Å². The molecule has 0 aliphatic heterocycles. The van der Waals surface area contributed by atoms with E-state index in [-0.39, 0.29) is 17.8 Å². The van der Waals surface area contributed by atoms with Gasteiger partial charge in [0, 0.05) is 17.2 Å². The van der Waals surface area contributed by atoms with Gasteiger partial charge in [0.1, 0.15) is 5.82 Å². The van der Waals surface area contributed by atoms with E-state index in [9.17, 15) is 9.18 Å². The second-order valence-electron chi connectivity index (χ2n) is 3.57. The van der Waals surface area contributed by atoms with Gasteiger partial charge in [0.2, 0.25) is 0 Å². The zero-order valence-corrected chi connectivity index (χ0v) is 8.88. The summed E-state index contributed by atoms with van der Waals surface area (Å²) in [6.45, 7) is 7.22. The maximum absolute atomic E-state index is 13.1. The summed E-state index contributed by atoms with van der Waals surface area (Å²) in [6, 6.07) is 4.28. The van der Waals surface area contributed by atoms with Gasteiger partial charge in [-0.25, -0.2) is 4.39 Å². The number of benzene rings is 1. The number of nitrogens with one attached hydrogen (secondary N) is 1. The fourth-order valence-corrected chi connectivity index (χ4v) is 1.19. The highest BCUT2D eigenvalue weighted by Crippen LogP contribution is 2.11. The molecule has 80 valence electrons. The first kappa shape index (κ1) is 11.4. The molecule has 1 amide bonds. The lowest BCUT2D eigenvalue weighted by Gasteiger charge is -2.08. The fraction of sp³-hybridized carbons (Fsp3) is 0.250. The van der Waals surface area contributed by atoms with E-state index in [1.54, 1.807) is 0 Å². The van der Waals surface area contributed by atoms with E-state index in [0.717, 1.165) is 0 Å². The molecule has 0 saturated heterocycles. The van der Waals surface area contributed by atoms with Crippen molar-refractivity contribution in [2.24, 2.45) is 0 Å². The minimum Gasteiger partial charge on any atom is -0.350 e. The molecular formula is C12H14FNO. The average Bonchev–Trinajstić information content (AvgIpc) is 2.17. The molecule has 1 N–H and O–H groups in total. The third kappa shape index (κ3) is 2.91. The number of hydrogen-bond acceptors (Lipinski definition) is 1. The Morgan fingerprint density at radius 3 is 2.73 bits per heavy atom. The van der Waals surface area contributed by atoms with Gasteiger partial charge in [-0.3, -0.25) is 4.79 Å². The molecule has 3 heteroatoms.